The second-order valence-electron chi connectivity index (χ2n) is 9.55. The minimum atomic E-state index is -1.27. The van der Waals surface area contributed by atoms with Gasteiger partial charge >= 0.3 is 0 Å². The standard InChI is InChI=1S/C23H27NO7/c1-12(25)5-13-8-21-9-16(26)20(27-3)23(28-4)22(21,24(13)2)10-19(31-23)14-6-17-18(7-15(14)21)30-11-29-17/h6-7,13,19-20H,5,8-11H2,1-4H3/t13-,19-,20+,21-,22-,23-/m0/s1. The average molecular weight is 429 g/mol. The van der Waals surface area contributed by atoms with Crippen molar-refractivity contribution in [3.63, 3.8) is 0 Å². The van der Waals surface area contributed by atoms with Crippen LogP contribution in [0.1, 0.15) is 49.8 Å². The van der Waals surface area contributed by atoms with Gasteiger partial charge in [0.05, 0.1) is 11.6 Å². The molecule has 8 heteroatoms. The SMILES string of the molecule is CO[C@@H]1C(=O)C[C@]23C[C@H](CC(C)=O)N(C)[C@@]24C[C@H](O[C@@]14OC)c1cc2c(cc13)OCO2. The summed E-state index contributed by atoms with van der Waals surface area (Å²) in [5, 5.41) is 0. The van der Waals surface area contributed by atoms with Crippen LogP contribution in [0.2, 0.25) is 0 Å². The molecule has 0 radical (unpaired) electrons. The van der Waals surface area contributed by atoms with E-state index in [1.165, 1.54) is 7.11 Å². The smallest absolute Gasteiger partial charge is 0.231 e. The summed E-state index contributed by atoms with van der Waals surface area (Å²) >= 11 is 0. The predicted molar refractivity (Wildman–Crippen MR) is 107 cm³/mol. The second kappa shape index (κ2) is 6.07. The van der Waals surface area contributed by atoms with E-state index in [0.29, 0.717) is 37.2 Å². The van der Waals surface area contributed by atoms with E-state index in [1.807, 2.05) is 19.2 Å². The molecule has 5 aliphatic rings. The predicted octanol–water partition coefficient (Wildman–Crippen LogP) is 1.88. The molecule has 2 bridgehead atoms. The molecule has 0 unspecified atom stereocenters. The van der Waals surface area contributed by atoms with Crippen molar-refractivity contribution in [3.8, 4) is 11.5 Å². The van der Waals surface area contributed by atoms with Gasteiger partial charge in [-0.25, -0.2) is 0 Å². The first-order valence-electron chi connectivity index (χ1n) is 10.8. The van der Waals surface area contributed by atoms with Crippen LogP contribution in [-0.4, -0.2) is 68.0 Å². The Morgan fingerprint density at radius 1 is 1.23 bits per heavy atom. The zero-order valence-electron chi connectivity index (χ0n) is 18.2. The van der Waals surface area contributed by atoms with Crippen molar-refractivity contribution < 1.29 is 33.3 Å². The molecule has 0 aromatic heterocycles. The van der Waals surface area contributed by atoms with Crippen LogP contribution < -0.4 is 9.47 Å². The summed E-state index contributed by atoms with van der Waals surface area (Å²) in [5.74, 6) is 0.197. The van der Waals surface area contributed by atoms with Crippen molar-refractivity contribution in [1.82, 2.24) is 4.90 Å². The fourth-order valence-electron chi connectivity index (χ4n) is 7.53. The Labute approximate surface area is 180 Å². The number of carbonyl (C=O) groups excluding carboxylic acids is 2. The average Bonchev–Trinajstić information content (AvgIpc) is 3.38. The van der Waals surface area contributed by atoms with E-state index < -0.39 is 22.8 Å². The third kappa shape index (κ3) is 2.01. The Morgan fingerprint density at radius 3 is 2.65 bits per heavy atom. The number of benzene rings is 1. The molecule has 3 heterocycles. The zero-order valence-corrected chi connectivity index (χ0v) is 18.2. The van der Waals surface area contributed by atoms with Crippen molar-refractivity contribution in [2.45, 2.75) is 67.6 Å². The quantitative estimate of drug-likeness (QED) is 0.718. The molecular weight excluding hydrogens is 402 g/mol. The third-order valence-corrected chi connectivity index (χ3v) is 8.48. The Hall–Kier alpha value is -2.00. The summed E-state index contributed by atoms with van der Waals surface area (Å²) in [7, 11) is 5.16. The number of methoxy groups -OCH3 is 2. The molecule has 0 N–H and O–H groups in total. The highest BCUT2D eigenvalue weighted by Gasteiger charge is 2.83. The molecule has 31 heavy (non-hydrogen) atoms. The molecule has 3 aliphatic heterocycles. The summed E-state index contributed by atoms with van der Waals surface area (Å²) in [6.45, 7) is 1.80. The van der Waals surface area contributed by atoms with E-state index in [2.05, 4.69) is 4.90 Å². The minimum Gasteiger partial charge on any atom is -0.454 e. The van der Waals surface area contributed by atoms with Crippen LogP contribution in [0.15, 0.2) is 12.1 Å². The first-order chi connectivity index (χ1) is 14.8. The number of nitrogens with zero attached hydrogens (tertiary/aromatic N) is 1. The number of fused-ring (bicyclic) bond motifs is 4. The monoisotopic (exact) mass is 429 g/mol. The largest absolute Gasteiger partial charge is 0.454 e. The van der Waals surface area contributed by atoms with Crippen molar-refractivity contribution >= 4 is 11.6 Å². The van der Waals surface area contributed by atoms with Gasteiger partial charge < -0.3 is 23.7 Å². The summed E-state index contributed by atoms with van der Waals surface area (Å²) in [6, 6.07) is 3.99. The van der Waals surface area contributed by atoms with Gasteiger partial charge in [-0.2, -0.15) is 0 Å². The fraction of sp³-hybridized carbons (Fsp3) is 0.652. The van der Waals surface area contributed by atoms with Crippen LogP contribution >= 0.6 is 0 Å². The van der Waals surface area contributed by atoms with Crippen LogP contribution in [0, 0.1) is 0 Å². The number of ketones is 2. The van der Waals surface area contributed by atoms with Crippen LogP contribution in [0.3, 0.4) is 0 Å². The first-order valence-corrected chi connectivity index (χ1v) is 10.8. The number of likely N-dealkylation sites (tertiary alicyclic amines) is 1. The molecule has 6 atom stereocenters. The van der Waals surface area contributed by atoms with Crippen LogP contribution in [0.5, 0.6) is 11.5 Å². The molecule has 6 rings (SSSR count). The Bertz CT molecular complexity index is 1010. The Kier molecular flexibility index (Phi) is 3.85. The Morgan fingerprint density at radius 2 is 1.97 bits per heavy atom. The topological polar surface area (TPSA) is 83.5 Å². The normalized spacial score (nSPS) is 41.9. The number of carbonyl (C=O) groups is 2. The summed E-state index contributed by atoms with van der Waals surface area (Å²) in [5.41, 5.74) is 0.843. The molecule has 166 valence electrons. The van der Waals surface area contributed by atoms with E-state index in [-0.39, 0.29) is 30.5 Å². The summed E-state index contributed by atoms with van der Waals surface area (Å²) in [4.78, 5) is 27.9. The zero-order chi connectivity index (χ0) is 21.8. The lowest BCUT2D eigenvalue weighted by Crippen LogP contribution is -2.77. The second-order valence-corrected chi connectivity index (χ2v) is 9.55. The molecule has 2 saturated heterocycles. The van der Waals surface area contributed by atoms with Crippen LogP contribution in [-0.2, 0) is 29.2 Å². The molecule has 0 amide bonds. The van der Waals surface area contributed by atoms with E-state index in [9.17, 15) is 9.59 Å². The maximum Gasteiger partial charge on any atom is 0.231 e. The molecule has 2 aliphatic carbocycles. The van der Waals surface area contributed by atoms with Gasteiger partial charge in [0.1, 0.15) is 5.78 Å². The highest BCUT2D eigenvalue weighted by Crippen LogP contribution is 2.73. The van der Waals surface area contributed by atoms with Crippen molar-refractivity contribution in [1.29, 1.82) is 0 Å². The lowest BCUT2D eigenvalue weighted by molar-refractivity contribution is -0.310. The van der Waals surface area contributed by atoms with Crippen LogP contribution in [0.25, 0.3) is 0 Å². The van der Waals surface area contributed by atoms with E-state index in [0.717, 1.165) is 11.1 Å². The van der Waals surface area contributed by atoms with E-state index in [4.69, 9.17) is 23.7 Å². The number of likely N-dealkylation sites (N-methyl/N-ethyl adjacent to an activating group) is 1. The molecule has 3 fully saturated rings. The molecule has 8 nitrogen and oxygen atoms in total. The highest BCUT2D eigenvalue weighted by molar-refractivity contribution is 5.89. The van der Waals surface area contributed by atoms with Gasteiger partial charge in [0.25, 0.3) is 0 Å². The van der Waals surface area contributed by atoms with Gasteiger partial charge in [-0.15, -0.1) is 0 Å². The van der Waals surface area contributed by atoms with E-state index in [1.54, 1.807) is 14.0 Å². The molecule has 1 spiro atoms. The summed E-state index contributed by atoms with van der Waals surface area (Å²) in [6.07, 6.45) is 0.918. The van der Waals surface area contributed by atoms with Gasteiger partial charge in [0, 0.05) is 44.9 Å². The number of Topliss-reactive ketones (excluding diaryl/α,β-unsaturated/α-hetero) is 2. The lowest BCUT2D eigenvalue weighted by atomic mass is 9.51. The van der Waals surface area contributed by atoms with Crippen LogP contribution in [0.4, 0.5) is 0 Å². The Balaban J connectivity index is 1.66. The number of ether oxygens (including phenoxy) is 5. The van der Waals surface area contributed by atoms with Gasteiger partial charge in [0.15, 0.2) is 23.4 Å². The molecule has 1 saturated carbocycles. The number of hydrogen-bond donors (Lipinski definition) is 0. The molecule has 1 aromatic rings. The van der Waals surface area contributed by atoms with Gasteiger partial charge in [-0.1, -0.05) is 0 Å². The van der Waals surface area contributed by atoms with Crippen molar-refractivity contribution in [2.75, 3.05) is 28.1 Å². The van der Waals surface area contributed by atoms with E-state index >= 15 is 0 Å². The van der Waals surface area contributed by atoms with Crippen molar-refractivity contribution in [2.24, 2.45) is 0 Å². The lowest BCUT2D eigenvalue weighted by Gasteiger charge is -2.59. The number of rotatable bonds is 4. The van der Waals surface area contributed by atoms with Gasteiger partial charge in [-0.05, 0) is 43.7 Å². The maximum absolute atomic E-state index is 13.5. The highest BCUT2D eigenvalue weighted by atomic mass is 16.7. The fourth-order valence-corrected chi connectivity index (χ4v) is 7.53. The third-order valence-electron chi connectivity index (χ3n) is 8.48. The first kappa shape index (κ1) is 19.7. The summed E-state index contributed by atoms with van der Waals surface area (Å²) < 4.78 is 29.9. The van der Waals surface area contributed by atoms with Gasteiger partial charge in [0.2, 0.25) is 12.6 Å². The molecular formula is C23H27NO7. The van der Waals surface area contributed by atoms with Crippen molar-refractivity contribution in [3.05, 3.63) is 23.3 Å². The van der Waals surface area contributed by atoms with Gasteiger partial charge in [-0.3, -0.25) is 14.5 Å². The number of hydrogen-bond acceptors (Lipinski definition) is 8. The molecule has 1 aromatic carbocycles. The maximum atomic E-state index is 13.5. The minimum absolute atomic E-state index is 0.0332.